The summed E-state index contributed by atoms with van der Waals surface area (Å²) < 4.78 is 53.3. The van der Waals surface area contributed by atoms with Gasteiger partial charge in [0.15, 0.2) is 11.6 Å². The Morgan fingerprint density at radius 3 is 2.57 bits per heavy atom. The first kappa shape index (κ1) is 22.7. The lowest BCUT2D eigenvalue weighted by molar-refractivity contribution is 0.308. The van der Waals surface area contributed by atoms with Crippen LogP contribution >= 0.6 is 12.2 Å². The van der Waals surface area contributed by atoms with Crippen LogP contribution in [0.1, 0.15) is 32.1 Å². The third-order valence-corrected chi connectivity index (χ3v) is 7.67. The van der Waals surface area contributed by atoms with Gasteiger partial charge >= 0.3 is 0 Å². The fourth-order valence-corrected chi connectivity index (χ4v) is 5.18. The molecule has 1 heterocycles. The lowest BCUT2D eigenvalue weighted by Gasteiger charge is -2.32. The van der Waals surface area contributed by atoms with E-state index < -0.39 is 21.7 Å². The number of nitrogens with one attached hydrogen (secondary N) is 1. The molecule has 1 saturated carbocycles. The molecule has 1 N–H and O–H groups in total. The standard InChI is InChI=1S/C21H25F2N3O2S2/c1-26(17-3-2-11-24-14-17)21(29)16-6-4-15(5-7-16)10-12-25-30(27,28)18-8-9-19(22)20(23)13-18/h2-3,8-9,11,13-16,25H,4-7,10,12H2,1H3/t15-,16-. The molecular weight excluding hydrogens is 428 g/mol. The van der Waals surface area contributed by atoms with Gasteiger partial charge in [0.05, 0.1) is 21.8 Å². The third kappa shape index (κ3) is 5.59. The molecular formula is C21H25F2N3O2S2. The van der Waals surface area contributed by atoms with E-state index in [0.29, 0.717) is 24.3 Å². The van der Waals surface area contributed by atoms with E-state index in [9.17, 15) is 17.2 Å². The molecule has 0 atom stereocenters. The van der Waals surface area contributed by atoms with Crippen LogP contribution in [0.5, 0.6) is 0 Å². The summed E-state index contributed by atoms with van der Waals surface area (Å²) in [6.07, 6.45) is 8.08. The van der Waals surface area contributed by atoms with Crippen LogP contribution in [0.3, 0.4) is 0 Å². The van der Waals surface area contributed by atoms with Gasteiger partial charge in [0.2, 0.25) is 10.0 Å². The van der Waals surface area contributed by atoms with Crippen molar-refractivity contribution in [1.82, 2.24) is 9.71 Å². The number of nitrogens with zero attached hydrogens (tertiary/aromatic N) is 2. The zero-order valence-corrected chi connectivity index (χ0v) is 18.4. The number of thiocarbonyl (C=S) groups is 1. The first-order valence-electron chi connectivity index (χ1n) is 9.90. The molecule has 0 radical (unpaired) electrons. The molecule has 162 valence electrons. The van der Waals surface area contributed by atoms with E-state index >= 15 is 0 Å². The average molecular weight is 454 g/mol. The summed E-state index contributed by atoms with van der Waals surface area (Å²) in [4.78, 5) is 6.77. The minimum Gasteiger partial charge on any atom is -0.338 e. The Morgan fingerprint density at radius 2 is 1.93 bits per heavy atom. The molecule has 0 amide bonds. The minimum absolute atomic E-state index is 0.261. The predicted octanol–water partition coefficient (Wildman–Crippen LogP) is 4.30. The average Bonchev–Trinajstić information content (AvgIpc) is 2.75. The van der Waals surface area contributed by atoms with E-state index in [4.69, 9.17) is 12.2 Å². The van der Waals surface area contributed by atoms with Gasteiger partial charge in [-0.25, -0.2) is 21.9 Å². The number of halogens is 2. The SMILES string of the molecule is CN(c1cccnc1)C(=S)[C@H]1CC[C@H](CCNS(=O)(=O)c2ccc(F)c(F)c2)CC1. The molecule has 2 aromatic rings. The summed E-state index contributed by atoms with van der Waals surface area (Å²) in [5, 5.41) is 0. The second-order valence-corrected chi connectivity index (χ2v) is 9.77. The van der Waals surface area contributed by atoms with Gasteiger partial charge in [0, 0.05) is 25.7 Å². The van der Waals surface area contributed by atoms with Crippen LogP contribution in [-0.2, 0) is 10.0 Å². The van der Waals surface area contributed by atoms with Crippen LogP contribution in [0.2, 0.25) is 0 Å². The number of anilines is 1. The summed E-state index contributed by atoms with van der Waals surface area (Å²) in [7, 11) is -1.90. The number of pyridine rings is 1. The molecule has 1 aromatic carbocycles. The largest absolute Gasteiger partial charge is 0.338 e. The zero-order valence-electron chi connectivity index (χ0n) is 16.7. The Kier molecular flexibility index (Phi) is 7.49. The molecule has 1 aliphatic rings. The number of aromatic nitrogens is 1. The fraction of sp³-hybridized carbons (Fsp3) is 0.429. The Bertz CT molecular complexity index is 979. The molecule has 0 saturated heterocycles. The predicted molar refractivity (Wildman–Crippen MR) is 117 cm³/mol. The Labute approximate surface area is 181 Å². The van der Waals surface area contributed by atoms with Crippen LogP contribution in [-0.4, -0.2) is 32.0 Å². The first-order chi connectivity index (χ1) is 14.3. The van der Waals surface area contributed by atoms with Gasteiger partial charge in [-0.05, 0) is 68.4 Å². The summed E-state index contributed by atoms with van der Waals surface area (Å²) in [5.74, 6) is -1.53. The molecule has 1 aromatic heterocycles. The molecule has 5 nitrogen and oxygen atoms in total. The second kappa shape index (κ2) is 9.89. The highest BCUT2D eigenvalue weighted by molar-refractivity contribution is 7.89. The van der Waals surface area contributed by atoms with Crippen LogP contribution in [0, 0.1) is 23.5 Å². The summed E-state index contributed by atoms with van der Waals surface area (Å²) in [6, 6.07) is 6.43. The maximum atomic E-state index is 13.3. The molecule has 1 fully saturated rings. The number of hydrogen-bond donors (Lipinski definition) is 1. The van der Waals surface area contributed by atoms with Crippen molar-refractivity contribution >= 4 is 32.9 Å². The molecule has 0 spiro atoms. The van der Waals surface area contributed by atoms with Crippen molar-refractivity contribution in [3.8, 4) is 0 Å². The Balaban J connectivity index is 1.46. The topological polar surface area (TPSA) is 62.3 Å². The highest BCUT2D eigenvalue weighted by Crippen LogP contribution is 2.33. The number of benzene rings is 1. The van der Waals surface area contributed by atoms with Gasteiger partial charge in [-0.2, -0.15) is 0 Å². The van der Waals surface area contributed by atoms with E-state index in [2.05, 4.69) is 9.71 Å². The molecule has 30 heavy (non-hydrogen) atoms. The summed E-state index contributed by atoms with van der Waals surface area (Å²) >= 11 is 5.68. The normalized spacial score (nSPS) is 19.4. The summed E-state index contributed by atoms with van der Waals surface area (Å²) in [6.45, 7) is 0.261. The van der Waals surface area contributed by atoms with Gasteiger partial charge in [-0.3, -0.25) is 4.98 Å². The maximum Gasteiger partial charge on any atom is 0.240 e. The van der Waals surface area contributed by atoms with E-state index in [-0.39, 0.29) is 11.4 Å². The van der Waals surface area contributed by atoms with E-state index in [1.165, 1.54) is 0 Å². The molecule has 1 aliphatic carbocycles. The van der Waals surface area contributed by atoms with Gasteiger partial charge in [-0.15, -0.1) is 0 Å². The van der Waals surface area contributed by atoms with Crippen molar-refractivity contribution in [2.24, 2.45) is 11.8 Å². The highest BCUT2D eigenvalue weighted by Gasteiger charge is 2.26. The van der Waals surface area contributed by atoms with Crippen LogP contribution in [0.25, 0.3) is 0 Å². The number of hydrogen-bond acceptors (Lipinski definition) is 4. The van der Waals surface area contributed by atoms with Crippen molar-refractivity contribution in [1.29, 1.82) is 0 Å². The van der Waals surface area contributed by atoms with Crippen molar-refractivity contribution in [2.45, 2.75) is 37.0 Å². The molecule has 0 unspecified atom stereocenters. The minimum atomic E-state index is -3.86. The van der Waals surface area contributed by atoms with E-state index in [0.717, 1.165) is 48.5 Å². The van der Waals surface area contributed by atoms with Crippen molar-refractivity contribution in [3.63, 3.8) is 0 Å². The first-order valence-corrected chi connectivity index (χ1v) is 11.8. The monoisotopic (exact) mass is 453 g/mol. The maximum absolute atomic E-state index is 13.3. The molecule has 9 heteroatoms. The number of rotatable bonds is 7. The highest BCUT2D eigenvalue weighted by atomic mass is 32.2. The van der Waals surface area contributed by atoms with Crippen molar-refractivity contribution < 1.29 is 17.2 Å². The third-order valence-electron chi connectivity index (χ3n) is 5.61. The van der Waals surface area contributed by atoms with Gasteiger partial charge in [-0.1, -0.05) is 12.2 Å². The van der Waals surface area contributed by atoms with Crippen molar-refractivity contribution in [2.75, 3.05) is 18.5 Å². The quantitative estimate of drug-likeness (QED) is 0.634. The molecule has 3 rings (SSSR count). The zero-order chi connectivity index (χ0) is 21.7. The molecule has 0 aliphatic heterocycles. The smallest absolute Gasteiger partial charge is 0.240 e. The van der Waals surface area contributed by atoms with Crippen molar-refractivity contribution in [3.05, 3.63) is 54.4 Å². The molecule has 0 bridgehead atoms. The Morgan fingerprint density at radius 1 is 1.20 bits per heavy atom. The van der Waals surface area contributed by atoms with Gasteiger partial charge in [0.1, 0.15) is 0 Å². The lowest BCUT2D eigenvalue weighted by Crippen LogP contribution is -2.34. The van der Waals surface area contributed by atoms with E-state index in [1.807, 2.05) is 24.1 Å². The second-order valence-electron chi connectivity index (χ2n) is 7.59. The number of sulfonamides is 1. The Hall–Kier alpha value is -1.97. The van der Waals surface area contributed by atoms with Gasteiger partial charge in [0.25, 0.3) is 0 Å². The van der Waals surface area contributed by atoms with Crippen LogP contribution < -0.4 is 9.62 Å². The van der Waals surface area contributed by atoms with Gasteiger partial charge < -0.3 is 4.90 Å². The summed E-state index contributed by atoms with van der Waals surface area (Å²) in [5.41, 5.74) is 0.969. The van der Waals surface area contributed by atoms with E-state index in [1.54, 1.807) is 12.4 Å². The fourth-order valence-electron chi connectivity index (χ4n) is 3.78. The lowest BCUT2D eigenvalue weighted by atomic mass is 9.80. The van der Waals surface area contributed by atoms with Crippen LogP contribution in [0.15, 0.2) is 47.6 Å². The van der Waals surface area contributed by atoms with Crippen LogP contribution in [0.4, 0.5) is 14.5 Å².